The maximum Gasteiger partial charge on any atom is 0.246 e. The zero-order valence-corrected chi connectivity index (χ0v) is 13.9. The fourth-order valence-corrected chi connectivity index (χ4v) is 3.01. The van der Waals surface area contributed by atoms with Gasteiger partial charge in [0.2, 0.25) is 5.91 Å². The number of hydrogen-bond donors (Lipinski definition) is 2. The van der Waals surface area contributed by atoms with Crippen molar-refractivity contribution in [3.05, 3.63) is 0 Å². The summed E-state index contributed by atoms with van der Waals surface area (Å²) in [6, 6.07) is 0. The first-order valence-electron chi connectivity index (χ1n) is 7.78. The Morgan fingerprint density at radius 3 is 2.62 bits per heavy atom. The molecule has 0 radical (unpaired) electrons. The normalized spacial score (nSPS) is 21.6. The van der Waals surface area contributed by atoms with Gasteiger partial charge >= 0.3 is 0 Å². The average molecular weight is 319 g/mol. The largest absolute Gasteiger partial charge is 0.382 e. The molecule has 6 heteroatoms. The van der Waals surface area contributed by atoms with Crippen LogP contribution in [0.15, 0.2) is 0 Å². The first-order chi connectivity index (χ1) is 10.3. The van der Waals surface area contributed by atoms with Gasteiger partial charge in [-0.1, -0.05) is 6.42 Å². The highest BCUT2D eigenvalue weighted by atomic mass is 32.1. The van der Waals surface area contributed by atoms with Crippen LogP contribution in [0.2, 0.25) is 0 Å². The van der Waals surface area contributed by atoms with Crippen LogP contribution in [0.4, 0.5) is 0 Å². The van der Waals surface area contributed by atoms with E-state index in [0.29, 0.717) is 32.3 Å². The van der Waals surface area contributed by atoms with Crippen molar-refractivity contribution in [1.82, 2.24) is 5.32 Å². The van der Waals surface area contributed by atoms with E-state index in [9.17, 15) is 4.79 Å². The SMILES string of the molecule is COCCOCCOCC(=O)NCC1CCC(CCS)C1. The van der Waals surface area contributed by atoms with Crippen LogP contribution in [0.5, 0.6) is 0 Å². The summed E-state index contributed by atoms with van der Waals surface area (Å²) >= 11 is 4.28. The van der Waals surface area contributed by atoms with Gasteiger partial charge in [-0.15, -0.1) is 0 Å². The van der Waals surface area contributed by atoms with E-state index in [0.717, 1.165) is 18.2 Å². The molecular weight excluding hydrogens is 290 g/mol. The van der Waals surface area contributed by atoms with Crippen molar-refractivity contribution in [2.45, 2.75) is 25.7 Å². The Morgan fingerprint density at radius 1 is 1.14 bits per heavy atom. The van der Waals surface area contributed by atoms with Gasteiger partial charge in [0.25, 0.3) is 0 Å². The molecule has 2 atom stereocenters. The highest BCUT2D eigenvalue weighted by Gasteiger charge is 2.24. The molecule has 0 spiro atoms. The lowest BCUT2D eigenvalue weighted by atomic mass is 10.0. The topological polar surface area (TPSA) is 56.8 Å². The van der Waals surface area contributed by atoms with Crippen LogP contribution in [0.3, 0.4) is 0 Å². The second-order valence-electron chi connectivity index (χ2n) is 5.52. The number of ether oxygens (including phenoxy) is 3. The van der Waals surface area contributed by atoms with E-state index in [4.69, 9.17) is 14.2 Å². The van der Waals surface area contributed by atoms with Crippen LogP contribution < -0.4 is 5.32 Å². The van der Waals surface area contributed by atoms with E-state index < -0.39 is 0 Å². The molecule has 1 amide bonds. The van der Waals surface area contributed by atoms with Crippen molar-refractivity contribution in [2.75, 3.05) is 52.4 Å². The van der Waals surface area contributed by atoms with Gasteiger partial charge < -0.3 is 19.5 Å². The Labute approximate surface area is 133 Å². The molecule has 0 saturated heterocycles. The molecule has 1 N–H and O–H groups in total. The van der Waals surface area contributed by atoms with Gasteiger partial charge in [0.15, 0.2) is 0 Å². The molecule has 5 nitrogen and oxygen atoms in total. The Kier molecular flexibility index (Phi) is 10.9. The van der Waals surface area contributed by atoms with Crippen molar-refractivity contribution in [1.29, 1.82) is 0 Å². The third-order valence-corrected chi connectivity index (χ3v) is 4.07. The number of methoxy groups -OCH3 is 1. The molecule has 21 heavy (non-hydrogen) atoms. The number of carbonyl (C=O) groups excluding carboxylic acids is 1. The van der Waals surface area contributed by atoms with Gasteiger partial charge in [0, 0.05) is 13.7 Å². The molecule has 0 aromatic carbocycles. The summed E-state index contributed by atoms with van der Waals surface area (Å²) in [4.78, 5) is 11.6. The standard InChI is InChI=1S/C15H29NO4S/c1-18-5-6-19-7-8-20-12-15(17)16-11-14-3-2-13(10-14)4-9-21/h13-14,21H,2-12H2,1H3,(H,16,17). The third-order valence-electron chi connectivity index (χ3n) is 3.81. The van der Waals surface area contributed by atoms with Crippen LogP contribution in [-0.4, -0.2) is 58.3 Å². The molecule has 1 saturated carbocycles. The summed E-state index contributed by atoms with van der Waals surface area (Å²) in [6.07, 6.45) is 4.90. The van der Waals surface area contributed by atoms with Gasteiger partial charge in [0.05, 0.1) is 26.4 Å². The van der Waals surface area contributed by atoms with Gasteiger partial charge in [-0.3, -0.25) is 4.79 Å². The van der Waals surface area contributed by atoms with Crippen molar-refractivity contribution < 1.29 is 19.0 Å². The summed E-state index contributed by atoms with van der Waals surface area (Å²) < 4.78 is 15.4. The number of nitrogens with one attached hydrogen (secondary N) is 1. The lowest BCUT2D eigenvalue weighted by Gasteiger charge is -2.12. The zero-order valence-electron chi connectivity index (χ0n) is 13.0. The molecular formula is C15H29NO4S. The Balaban J connectivity index is 1.92. The number of amides is 1. The van der Waals surface area contributed by atoms with Crippen LogP contribution >= 0.6 is 12.6 Å². The maximum absolute atomic E-state index is 11.6. The lowest BCUT2D eigenvalue weighted by Crippen LogP contribution is -2.32. The molecule has 0 aliphatic heterocycles. The molecule has 1 aliphatic rings. The molecule has 0 aromatic rings. The number of hydrogen-bond acceptors (Lipinski definition) is 5. The smallest absolute Gasteiger partial charge is 0.246 e. The molecule has 0 bridgehead atoms. The van der Waals surface area contributed by atoms with Gasteiger partial charge in [0.1, 0.15) is 6.61 Å². The molecule has 1 aliphatic carbocycles. The van der Waals surface area contributed by atoms with E-state index in [1.54, 1.807) is 7.11 Å². The first-order valence-corrected chi connectivity index (χ1v) is 8.41. The fourth-order valence-electron chi connectivity index (χ4n) is 2.64. The van der Waals surface area contributed by atoms with Crippen molar-refractivity contribution >= 4 is 18.5 Å². The summed E-state index contributed by atoms with van der Waals surface area (Å²) in [5.74, 6) is 2.34. The molecule has 0 heterocycles. The first kappa shape index (κ1) is 18.7. The van der Waals surface area contributed by atoms with E-state index in [1.165, 1.54) is 25.7 Å². The lowest BCUT2D eigenvalue weighted by molar-refractivity contribution is -0.126. The van der Waals surface area contributed by atoms with Gasteiger partial charge in [-0.25, -0.2) is 0 Å². The number of rotatable bonds is 12. The molecule has 124 valence electrons. The Bertz CT molecular complexity index is 278. The highest BCUT2D eigenvalue weighted by molar-refractivity contribution is 7.80. The van der Waals surface area contributed by atoms with E-state index in [-0.39, 0.29) is 12.5 Å². The Morgan fingerprint density at radius 2 is 1.86 bits per heavy atom. The minimum absolute atomic E-state index is 0.0375. The summed E-state index contributed by atoms with van der Waals surface area (Å²) in [6.45, 7) is 2.95. The second kappa shape index (κ2) is 12.3. The van der Waals surface area contributed by atoms with Crippen LogP contribution in [0.1, 0.15) is 25.7 Å². The molecule has 2 unspecified atom stereocenters. The summed E-state index contributed by atoms with van der Waals surface area (Å²) in [5, 5.41) is 2.95. The van der Waals surface area contributed by atoms with E-state index in [2.05, 4.69) is 17.9 Å². The fraction of sp³-hybridized carbons (Fsp3) is 0.933. The third kappa shape index (κ3) is 9.34. The van der Waals surface area contributed by atoms with Gasteiger partial charge in [-0.05, 0) is 36.9 Å². The van der Waals surface area contributed by atoms with Crippen LogP contribution in [0, 0.1) is 11.8 Å². The van der Waals surface area contributed by atoms with Crippen molar-refractivity contribution in [3.8, 4) is 0 Å². The van der Waals surface area contributed by atoms with Gasteiger partial charge in [-0.2, -0.15) is 12.6 Å². The van der Waals surface area contributed by atoms with Crippen molar-refractivity contribution in [3.63, 3.8) is 0 Å². The minimum Gasteiger partial charge on any atom is -0.382 e. The van der Waals surface area contributed by atoms with E-state index in [1.807, 2.05) is 0 Å². The predicted octanol–water partition coefficient (Wildman–Crippen LogP) is 1.52. The monoisotopic (exact) mass is 319 g/mol. The highest BCUT2D eigenvalue weighted by Crippen LogP contribution is 2.32. The molecule has 1 fully saturated rings. The van der Waals surface area contributed by atoms with Crippen molar-refractivity contribution in [2.24, 2.45) is 11.8 Å². The average Bonchev–Trinajstić information content (AvgIpc) is 2.92. The Hall–Kier alpha value is -0.300. The minimum atomic E-state index is -0.0375. The van der Waals surface area contributed by atoms with Crippen LogP contribution in [-0.2, 0) is 19.0 Å². The summed E-state index contributed by atoms with van der Waals surface area (Å²) in [7, 11) is 1.63. The number of thiol groups is 1. The number of carbonyl (C=O) groups is 1. The van der Waals surface area contributed by atoms with E-state index >= 15 is 0 Å². The quantitative estimate of drug-likeness (QED) is 0.423. The summed E-state index contributed by atoms with van der Waals surface area (Å²) in [5.41, 5.74) is 0. The zero-order chi connectivity index (χ0) is 15.3. The second-order valence-corrected chi connectivity index (χ2v) is 5.97. The molecule has 1 rings (SSSR count). The predicted molar refractivity (Wildman–Crippen MR) is 85.8 cm³/mol. The maximum atomic E-state index is 11.6. The van der Waals surface area contributed by atoms with Crippen LogP contribution in [0.25, 0.3) is 0 Å². The molecule has 0 aromatic heterocycles.